The van der Waals surface area contributed by atoms with Crippen LogP contribution in [0.1, 0.15) is 30.0 Å². The first-order valence-electron chi connectivity index (χ1n) is 11.3. The highest BCUT2D eigenvalue weighted by molar-refractivity contribution is 9.10. The minimum atomic E-state index is 0.187. The highest BCUT2D eigenvalue weighted by Gasteiger charge is 2.20. The molecule has 1 N–H and O–H groups in total. The van der Waals surface area contributed by atoms with Gasteiger partial charge in [0, 0.05) is 50.1 Å². The summed E-state index contributed by atoms with van der Waals surface area (Å²) in [5.74, 6) is 0.411. The number of piperazine rings is 1. The molecule has 1 heterocycles. The van der Waals surface area contributed by atoms with Crippen LogP contribution in [0.15, 0.2) is 76.2 Å². The van der Waals surface area contributed by atoms with Crippen molar-refractivity contribution in [3.8, 4) is 5.75 Å². The van der Waals surface area contributed by atoms with Crippen molar-refractivity contribution in [3.63, 3.8) is 0 Å². The molecule has 0 atom stereocenters. The molecule has 0 radical (unpaired) electrons. The molecule has 1 amide bonds. The van der Waals surface area contributed by atoms with Gasteiger partial charge in [0.15, 0.2) is 0 Å². The summed E-state index contributed by atoms with van der Waals surface area (Å²) < 4.78 is 0.661. The molecule has 0 aliphatic carbocycles. The fraction of sp³-hybridized carbons (Fsp3) is 0.259. The first-order chi connectivity index (χ1) is 16.0. The molecule has 0 bridgehead atoms. The maximum absolute atomic E-state index is 11.9. The summed E-state index contributed by atoms with van der Waals surface area (Å²) >= 11 is 3.47. The lowest BCUT2D eigenvalue weighted by atomic mass is 10.0. The van der Waals surface area contributed by atoms with Gasteiger partial charge in [-0.1, -0.05) is 37.3 Å². The Hall–Kier alpha value is -3.12. The van der Waals surface area contributed by atoms with Crippen LogP contribution in [0.3, 0.4) is 0 Å². The number of rotatable bonds is 6. The van der Waals surface area contributed by atoms with E-state index in [4.69, 9.17) is 0 Å². The molecule has 3 aromatic rings. The number of aliphatic imine (C=N–C) groups is 1. The van der Waals surface area contributed by atoms with E-state index in [0.29, 0.717) is 16.5 Å². The lowest BCUT2D eigenvalue weighted by Crippen LogP contribution is -2.48. The van der Waals surface area contributed by atoms with E-state index in [1.165, 1.54) is 5.56 Å². The van der Waals surface area contributed by atoms with Gasteiger partial charge in [-0.25, -0.2) is 0 Å². The number of hydrogen-bond acceptors (Lipinski definition) is 4. The number of aromatic hydroxyl groups is 1. The second-order valence-corrected chi connectivity index (χ2v) is 9.03. The third-order valence-electron chi connectivity index (χ3n) is 5.91. The summed E-state index contributed by atoms with van der Waals surface area (Å²) in [6.45, 7) is 5.11. The third kappa shape index (κ3) is 5.82. The van der Waals surface area contributed by atoms with E-state index in [1.54, 1.807) is 6.21 Å². The largest absolute Gasteiger partial charge is 0.506 e. The van der Waals surface area contributed by atoms with E-state index in [1.807, 2.05) is 54.3 Å². The average Bonchev–Trinajstić information content (AvgIpc) is 2.86. The highest BCUT2D eigenvalue weighted by atomic mass is 79.9. The molecule has 4 rings (SSSR count). The summed E-state index contributed by atoms with van der Waals surface area (Å²) in [7, 11) is 0. The number of nitrogens with zero attached hydrogens (tertiary/aromatic N) is 3. The van der Waals surface area contributed by atoms with Crippen LogP contribution in [0.25, 0.3) is 0 Å². The Morgan fingerprint density at radius 3 is 2.36 bits per heavy atom. The SMILES string of the molecule is CCC(=O)N1CCN(c2ccc(N=Cc3cc(Cc4ccccc4)cc(Br)c3O)cc2)CC1. The quantitative estimate of drug-likeness (QED) is 0.446. The zero-order chi connectivity index (χ0) is 23.2. The number of anilines is 1. The lowest BCUT2D eigenvalue weighted by Gasteiger charge is -2.36. The van der Waals surface area contributed by atoms with Gasteiger partial charge < -0.3 is 14.9 Å². The highest BCUT2D eigenvalue weighted by Crippen LogP contribution is 2.30. The van der Waals surface area contributed by atoms with Gasteiger partial charge in [0.2, 0.25) is 5.91 Å². The van der Waals surface area contributed by atoms with Gasteiger partial charge in [0.25, 0.3) is 0 Å². The number of phenols is 1. The number of halogens is 1. The summed E-state index contributed by atoms with van der Waals surface area (Å²) in [6, 6.07) is 22.3. The van der Waals surface area contributed by atoms with Gasteiger partial charge in [0.05, 0.1) is 10.2 Å². The van der Waals surface area contributed by atoms with E-state index < -0.39 is 0 Å². The molecule has 0 unspecified atom stereocenters. The predicted octanol–water partition coefficient (Wildman–Crippen LogP) is 5.55. The molecular formula is C27H28BrN3O2. The monoisotopic (exact) mass is 505 g/mol. The van der Waals surface area contributed by atoms with Gasteiger partial charge >= 0.3 is 0 Å². The van der Waals surface area contributed by atoms with Crippen LogP contribution in [0.5, 0.6) is 5.75 Å². The van der Waals surface area contributed by atoms with Crippen molar-refractivity contribution < 1.29 is 9.90 Å². The minimum Gasteiger partial charge on any atom is -0.506 e. The third-order valence-corrected chi connectivity index (χ3v) is 6.51. The van der Waals surface area contributed by atoms with Gasteiger partial charge in [-0.05, 0) is 69.9 Å². The Balaban J connectivity index is 1.43. The van der Waals surface area contributed by atoms with Crippen LogP contribution < -0.4 is 4.90 Å². The first-order valence-corrected chi connectivity index (χ1v) is 12.0. The Morgan fingerprint density at radius 1 is 1.00 bits per heavy atom. The molecule has 0 saturated carbocycles. The maximum atomic E-state index is 11.9. The number of benzene rings is 3. The molecule has 170 valence electrons. The van der Waals surface area contributed by atoms with Gasteiger partial charge in [-0.3, -0.25) is 9.79 Å². The summed E-state index contributed by atoms with van der Waals surface area (Å²) in [6.07, 6.45) is 3.05. The maximum Gasteiger partial charge on any atom is 0.222 e. The molecule has 6 heteroatoms. The standard InChI is InChI=1S/C27H28BrN3O2/c1-2-26(32)31-14-12-30(13-15-31)24-10-8-23(9-11-24)29-19-22-17-21(18-25(28)27(22)33)16-20-6-4-3-5-7-20/h3-11,17-19,33H,2,12-16H2,1H3. The molecule has 1 fully saturated rings. The summed E-state index contributed by atoms with van der Waals surface area (Å²) in [4.78, 5) is 20.7. The molecular weight excluding hydrogens is 478 g/mol. The Morgan fingerprint density at radius 2 is 1.70 bits per heavy atom. The van der Waals surface area contributed by atoms with Crippen LogP contribution in [0.4, 0.5) is 11.4 Å². The molecule has 33 heavy (non-hydrogen) atoms. The second kappa shape index (κ2) is 10.7. The van der Waals surface area contributed by atoms with Crippen molar-refractivity contribution in [2.75, 3.05) is 31.1 Å². The van der Waals surface area contributed by atoms with E-state index in [2.05, 4.69) is 50.1 Å². The van der Waals surface area contributed by atoms with Crippen molar-refractivity contribution >= 4 is 39.4 Å². The zero-order valence-electron chi connectivity index (χ0n) is 18.7. The first kappa shape index (κ1) is 23.1. The number of carbonyl (C=O) groups excluding carboxylic acids is 1. The van der Waals surface area contributed by atoms with Crippen LogP contribution >= 0.6 is 15.9 Å². The van der Waals surface area contributed by atoms with Crippen molar-refractivity contribution in [1.29, 1.82) is 0 Å². The Bertz CT molecular complexity index is 1120. The molecule has 0 spiro atoms. The van der Waals surface area contributed by atoms with E-state index in [-0.39, 0.29) is 11.7 Å². The number of amides is 1. The van der Waals surface area contributed by atoms with E-state index in [9.17, 15) is 9.90 Å². The van der Waals surface area contributed by atoms with Crippen molar-refractivity contribution in [3.05, 3.63) is 87.9 Å². The zero-order valence-corrected chi connectivity index (χ0v) is 20.3. The van der Waals surface area contributed by atoms with Crippen molar-refractivity contribution in [2.24, 2.45) is 4.99 Å². The number of phenolic OH excluding ortho intramolecular Hbond substituents is 1. The Kier molecular flexibility index (Phi) is 7.45. The van der Waals surface area contributed by atoms with Gasteiger partial charge in [-0.15, -0.1) is 0 Å². The van der Waals surface area contributed by atoms with Gasteiger partial charge in [0.1, 0.15) is 5.75 Å². The smallest absolute Gasteiger partial charge is 0.222 e. The van der Waals surface area contributed by atoms with E-state index >= 15 is 0 Å². The van der Waals surface area contributed by atoms with Crippen molar-refractivity contribution in [2.45, 2.75) is 19.8 Å². The molecule has 1 aliphatic rings. The van der Waals surface area contributed by atoms with Crippen LogP contribution in [0, 0.1) is 0 Å². The molecule has 1 saturated heterocycles. The van der Waals surface area contributed by atoms with E-state index in [0.717, 1.165) is 49.5 Å². The lowest BCUT2D eigenvalue weighted by molar-refractivity contribution is -0.131. The normalized spacial score (nSPS) is 14.1. The molecule has 0 aromatic heterocycles. The average molecular weight is 506 g/mol. The number of carbonyl (C=O) groups is 1. The van der Waals surface area contributed by atoms with Crippen molar-refractivity contribution in [1.82, 2.24) is 4.90 Å². The molecule has 1 aliphatic heterocycles. The fourth-order valence-electron chi connectivity index (χ4n) is 4.04. The fourth-order valence-corrected chi connectivity index (χ4v) is 4.57. The second-order valence-electron chi connectivity index (χ2n) is 8.17. The topological polar surface area (TPSA) is 56.1 Å². The summed E-state index contributed by atoms with van der Waals surface area (Å²) in [5.41, 5.74) is 4.95. The minimum absolute atomic E-state index is 0.187. The Labute approximate surface area is 203 Å². The summed E-state index contributed by atoms with van der Waals surface area (Å²) in [5, 5.41) is 10.5. The molecule has 5 nitrogen and oxygen atoms in total. The van der Waals surface area contributed by atoms with Gasteiger partial charge in [-0.2, -0.15) is 0 Å². The van der Waals surface area contributed by atoms with Crippen LogP contribution in [-0.4, -0.2) is 48.3 Å². The van der Waals surface area contributed by atoms with Crippen LogP contribution in [0.2, 0.25) is 0 Å². The predicted molar refractivity (Wildman–Crippen MR) is 138 cm³/mol. The van der Waals surface area contributed by atoms with Crippen LogP contribution in [-0.2, 0) is 11.2 Å². The molecule has 3 aromatic carbocycles. The number of hydrogen-bond donors (Lipinski definition) is 1.